The zero-order valence-electron chi connectivity index (χ0n) is 10.5. The summed E-state index contributed by atoms with van der Waals surface area (Å²) in [5.74, 6) is 0. The Bertz CT molecular complexity index is 398. The molecule has 0 amide bonds. The van der Waals surface area contributed by atoms with Crippen LogP contribution in [0.25, 0.3) is 0 Å². The number of ether oxygens (including phenoxy) is 1. The summed E-state index contributed by atoms with van der Waals surface area (Å²) in [6.45, 7) is 2.52. The highest BCUT2D eigenvalue weighted by atomic mass is 35.5. The minimum Gasteiger partial charge on any atom is -0.396 e. The van der Waals surface area contributed by atoms with Crippen LogP contribution in [0, 0.1) is 0 Å². The van der Waals surface area contributed by atoms with Crippen LogP contribution >= 0.6 is 23.2 Å². The molecule has 0 unspecified atom stereocenters. The zero-order chi connectivity index (χ0) is 13.1. The molecule has 0 aromatic heterocycles. The van der Waals surface area contributed by atoms with Crippen molar-refractivity contribution >= 4 is 28.9 Å². The first-order valence-corrected chi connectivity index (χ1v) is 6.83. The number of methoxy groups -OCH3 is 1. The zero-order valence-corrected chi connectivity index (χ0v) is 12.0. The van der Waals surface area contributed by atoms with Crippen LogP contribution in [0.3, 0.4) is 0 Å². The van der Waals surface area contributed by atoms with Gasteiger partial charge in [0.25, 0.3) is 0 Å². The molecule has 0 aliphatic heterocycles. The highest BCUT2D eigenvalue weighted by molar-refractivity contribution is 6.38. The van der Waals surface area contributed by atoms with Crippen molar-refractivity contribution < 1.29 is 4.74 Å². The topological polar surface area (TPSA) is 38.5 Å². The van der Waals surface area contributed by atoms with E-state index in [0.29, 0.717) is 21.8 Å². The Labute approximate surface area is 118 Å². The van der Waals surface area contributed by atoms with Crippen LogP contribution in [0.1, 0.15) is 18.4 Å². The molecule has 0 bridgehead atoms. The number of halogens is 2. The summed E-state index contributed by atoms with van der Waals surface area (Å²) >= 11 is 12.1. The van der Waals surface area contributed by atoms with E-state index >= 15 is 0 Å². The van der Waals surface area contributed by atoms with Crippen molar-refractivity contribution in [1.82, 2.24) is 4.90 Å². The van der Waals surface area contributed by atoms with Crippen molar-refractivity contribution in [2.75, 3.05) is 26.0 Å². The standard InChI is InChI=1S/C13H18Cl2N2O/c1-18-5-4-17(10-2-3-10)8-9-6-11(14)13(16)12(15)7-9/h6-7,10H,2-5,8,16H2,1H3. The summed E-state index contributed by atoms with van der Waals surface area (Å²) in [4.78, 5) is 2.40. The Kier molecular flexibility index (Phi) is 4.73. The van der Waals surface area contributed by atoms with E-state index in [0.717, 1.165) is 25.3 Å². The monoisotopic (exact) mass is 288 g/mol. The minimum atomic E-state index is 0.456. The van der Waals surface area contributed by atoms with E-state index in [2.05, 4.69) is 4.90 Å². The molecular formula is C13H18Cl2N2O. The average Bonchev–Trinajstić information content (AvgIpc) is 3.15. The number of nitrogen functional groups attached to an aromatic ring is 1. The molecule has 1 aromatic rings. The Hall–Kier alpha value is -0.480. The maximum absolute atomic E-state index is 6.05. The summed E-state index contributed by atoms with van der Waals surface area (Å²) in [6.07, 6.45) is 2.53. The lowest BCUT2D eigenvalue weighted by molar-refractivity contribution is 0.139. The van der Waals surface area contributed by atoms with Crippen molar-refractivity contribution in [1.29, 1.82) is 0 Å². The van der Waals surface area contributed by atoms with Crippen LogP contribution in [0.2, 0.25) is 10.0 Å². The van der Waals surface area contributed by atoms with Crippen molar-refractivity contribution in [2.45, 2.75) is 25.4 Å². The Balaban J connectivity index is 2.06. The molecule has 3 nitrogen and oxygen atoms in total. The molecule has 5 heteroatoms. The largest absolute Gasteiger partial charge is 0.396 e. The number of rotatable bonds is 6. The third-order valence-electron chi connectivity index (χ3n) is 3.17. The van der Waals surface area contributed by atoms with Crippen molar-refractivity contribution in [3.63, 3.8) is 0 Å². The van der Waals surface area contributed by atoms with Gasteiger partial charge in [0.15, 0.2) is 0 Å². The number of nitrogens with zero attached hydrogens (tertiary/aromatic N) is 1. The Morgan fingerprint density at radius 1 is 1.33 bits per heavy atom. The average molecular weight is 289 g/mol. The van der Waals surface area contributed by atoms with Crippen LogP contribution in [-0.4, -0.2) is 31.2 Å². The Morgan fingerprint density at radius 3 is 2.44 bits per heavy atom. The van der Waals surface area contributed by atoms with Crippen molar-refractivity contribution in [3.8, 4) is 0 Å². The van der Waals surface area contributed by atoms with Gasteiger partial charge in [-0.15, -0.1) is 0 Å². The molecule has 1 aromatic carbocycles. The van der Waals surface area contributed by atoms with Gasteiger partial charge in [-0.2, -0.15) is 0 Å². The molecule has 2 N–H and O–H groups in total. The number of hydrogen-bond donors (Lipinski definition) is 1. The molecule has 100 valence electrons. The van der Waals surface area contributed by atoms with E-state index in [1.165, 1.54) is 12.8 Å². The summed E-state index contributed by atoms with van der Waals surface area (Å²) < 4.78 is 5.14. The van der Waals surface area contributed by atoms with Gasteiger partial charge in [0.1, 0.15) is 0 Å². The van der Waals surface area contributed by atoms with Crippen LogP contribution in [0.4, 0.5) is 5.69 Å². The van der Waals surface area contributed by atoms with Gasteiger partial charge < -0.3 is 10.5 Å². The second-order valence-corrected chi connectivity index (χ2v) is 5.48. The third kappa shape index (κ3) is 3.51. The van der Waals surface area contributed by atoms with Gasteiger partial charge >= 0.3 is 0 Å². The van der Waals surface area contributed by atoms with Gasteiger partial charge in [0.2, 0.25) is 0 Å². The summed E-state index contributed by atoms with van der Waals surface area (Å²) in [5, 5.41) is 1.06. The van der Waals surface area contributed by atoms with E-state index in [-0.39, 0.29) is 0 Å². The van der Waals surface area contributed by atoms with E-state index in [4.69, 9.17) is 33.7 Å². The molecular weight excluding hydrogens is 271 g/mol. The molecule has 0 atom stereocenters. The van der Waals surface area contributed by atoms with Gasteiger partial charge in [0.05, 0.1) is 22.3 Å². The molecule has 1 aliphatic carbocycles. The van der Waals surface area contributed by atoms with Gasteiger partial charge in [-0.05, 0) is 30.5 Å². The van der Waals surface area contributed by atoms with Crippen molar-refractivity contribution in [3.05, 3.63) is 27.7 Å². The maximum Gasteiger partial charge on any atom is 0.0693 e. The lowest BCUT2D eigenvalue weighted by atomic mass is 10.2. The molecule has 0 heterocycles. The van der Waals surface area contributed by atoms with Crippen LogP contribution < -0.4 is 5.73 Å². The lowest BCUT2D eigenvalue weighted by Crippen LogP contribution is -2.29. The predicted molar refractivity (Wildman–Crippen MR) is 76.2 cm³/mol. The van der Waals surface area contributed by atoms with Gasteiger partial charge in [-0.3, -0.25) is 4.90 Å². The van der Waals surface area contributed by atoms with E-state index in [1.54, 1.807) is 7.11 Å². The summed E-state index contributed by atoms with van der Waals surface area (Å²) in [7, 11) is 1.72. The number of nitrogens with two attached hydrogens (primary N) is 1. The molecule has 1 fully saturated rings. The number of benzene rings is 1. The second-order valence-electron chi connectivity index (χ2n) is 4.67. The number of hydrogen-bond acceptors (Lipinski definition) is 3. The highest BCUT2D eigenvalue weighted by Gasteiger charge is 2.28. The summed E-state index contributed by atoms with van der Waals surface area (Å²) in [6, 6.07) is 4.46. The number of anilines is 1. The van der Waals surface area contributed by atoms with Gasteiger partial charge in [-0.1, -0.05) is 23.2 Å². The van der Waals surface area contributed by atoms with Crippen molar-refractivity contribution in [2.24, 2.45) is 0 Å². The van der Waals surface area contributed by atoms with Crippen LogP contribution in [0.15, 0.2) is 12.1 Å². The smallest absolute Gasteiger partial charge is 0.0693 e. The molecule has 2 rings (SSSR count). The first kappa shape index (κ1) is 13.9. The van der Waals surface area contributed by atoms with Crippen LogP contribution in [-0.2, 0) is 11.3 Å². The van der Waals surface area contributed by atoms with E-state index < -0.39 is 0 Å². The molecule has 0 saturated heterocycles. The Morgan fingerprint density at radius 2 is 1.94 bits per heavy atom. The molecule has 1 aliphatic rings. The highest BCUT2D eigenvalue weighted by Crippen LogP contribution is 2.32. The molecule has 0 spiro atoms. The fourth-order valence-electron chi connectivity index (χ4n) is 2.00. The fourth-order valence-corrected chi connectivity index (χ4v) is 2.53. The quantitative estimate of drug-likeness (QED) is 0.817. The molecule has 1 saturated carbocycles. The normalized spacial score (nSPS) is 15.3. The molecule has 0 radical (unpaired) electrons. The summed E-state index contributed by atoms with van der Waals surface area (Å²) in [5.41, 5.74) is 7.29. The predicted octanol–water partition coefficient (Wildman–Crippen LogP) is 3.19. The van der Waals surface area contributed by atoms with Gasteiger partial charge in [0, 0.05) is 26.2 Å². The van der Waals surface area contributed by atoms with E-state index in [9.17, 15) is 0 Å². The molecule has 18 heavy (non-hydrogen) atoms. The third-order valence-corrected chi connectivity index (χ3v) is 3.80. The van der Waals surface area contributed by atoms with Gasteiger partial charge in [-0.25, -0.2) is 0 Å². The first-order valence-electron chi connectivity index (χ1n) is 6.08. The second kappa shape index (κ2) is 6.11. The van der Waals surface area contributed by atoms with Crippen LogP contribution in [0.5, 0.6) is 0 Å². The minimum absolute atomic E-state index is 0.456. The lowest BCUT2D eigenvalue weighted by Gasteiger charge is -2.22. The SMILES string of the molecule is COCCN(Cc1cc(Cl)c(N)c(Cl)c1)C1CC1. The van der Waals surface area contributed by atoms with E-state index in [1.807, 2.05) is 12.1 Å². The first-order chi connectivity index (χ1) is 8.61. The maximum atomic E-state index is 6.05. The fraction of sp³-hybridized carbons (Fsp3) is 0.538.